The van der Waals surface area contributed by atoms with Crippen LogP contribution in [0.5, 0.6) is 0 Å². The van der Waals surface area contributed by atoms with E-state index in [1.807, 2.05) is 0 Å². The highest BCUT2D eigenvalue weighted by molar-refractivity contribution is 7.13. The molecule has 0 atom stereocenters. The molecule has 1 fully saturated rings. The van der Waals surface area contributed by atoms with Gasteiger partial charge in [-0.3, -0.25) is 14.9 Å². The summed E-state index contributed by atoms with van der Waals surface area (Å²) < 4.78 is 0. The second-order valence-corrected chi connectivity index (χ2v) is 7.50. The van der Waals surface area contributed by atoms with Crippen molar-refractivity contribution < 1.29 is 9.59 Å². The summed E-state index contributed by atoms with van der Waals surface area (Å²) in [5, 5.41) is 13.8. The van der Waals surface area contributed by atoms with E-state index in [1.54, 1.807) is 36.6 Å². The van der Waals surface area contributed by atoms with Crippen molar-refractivity contribution in [3.63, 3.8) is 0 Å². The number of carbonyl (C=O) groups excluding carboxylic acids is 2. The fourth-order valence-corrected chi connectivity index (χ4v) is 3.72. The first kappa shape index (κ1) is 18.2. The standard InChI is InChI=1S/C17H22N6O2S/c1-23(2)15(25)17(7-3-4-8-17)10-19-13-6-5-12(9-18-13)14(24)21-16-22-20-11-26-16/h5-6,9,11H,3-4,7-8,10H2,1-2H3,(H,18,19)(H,21,22,24). The molecule has 2 amide bonds. The van der Waals surface area contributed by atoms with E-state index < -0.39 is 0 Å². The summed E-state index contributed by atoms with van der Waals surface area (Å²) in [6, 6.07) is 3.44. The molecular formula is C17H22N6O2S. The third kappa shape index (κ3) is 3.98. The van der Waals surface area contributed by atoms with Gasteiger partial charge >= 0.3 is 0 Å². The molecule has 8 nitrogen and oxygen atoms in total. The van der Waals surface area contributed by atoms with Crippen LogP contribution in [0.3, 0.4) is 0 Å². The lowest BCUT2D eigenvalue weighted by Gasteiger charge is -2.31. The molecule has 0 spiro atoms. The Bertz CT molecular complexity index is 754. The van der Waals surface area contributed by atoms with Gasteiger partial charge in [-0.1, -0.05) is 24.2 Å². The van der Waals surface area contributed by atoms with Crippen LogP contribution in [0.2, 0.25) is 0 Å². The molecule has 1 aliphatic rings. The molecule has 9 heteroatoms. The van der Waals surface area contributed by atoms with Crippen LogP contribution < -0.4 is 10.6 Å². The van der Waals surface area contributed by atoms with E-state index in [2.05, 4.69) is 25.8 Å². The van der Waals surface area contributed by atoms with Gasteiger partial charge < -0.3 is 10.2 Å². The quantitative estimate of drug-likeness (QED) is 0.804. The summed E-state index contributed by atoms with van der Waals surface area (Å²) >= 11 is 1.25. The molecule has 1 aliphatic carbocycles. The SMILES string of the molecule is CN(C)C(=O)C1(CNc2ccc(C(=O)Nc3nncs3)cn2)CCCC1. The van der Waals surface area contributed by atoms with Crippen molar-refractivity contribution in [3.05, 3.63) is 29.4 Å². The first-order valence-corrected chi connectivity index (χ1v) is 9.37. The van der Waals surface area contributed by atoms with Crippen LogP contribution in [0.1, 0.15) is 36.0 Å². The molecule has 26 heavy (non-hydrogen) atoms. The maximum atomic E-state index is 12.6. The predicted octanol–water partition coefficient (Wildman–Crippen LogP) is 2.25. The van der Waals surface area contributed by atoms with E-state index in [1.165, 1.54) is 17.5 Å². The first-order valence-electron chi connectivity index (χ1n) is 8.49. The highest BCUT2D eigenvalue weighted by Crippen LogP contribution is 2.39. The van der Waals surface area contributed by atoms with Gasteiger partial charge in [0.05, 0.1) is 11.0 Å². The van der Waals surface area contributed by atoms with E-state index in [4.69, 9.17) is 0 Å². The Morgan fingerprint density at radius 1 is 1.27 bits per heavy atom. The summed E-state index contributed by atoms with van der Waals surface area (Å²) in [5.41, 5.74) is 1.62. The lowest BCUT2D eigenvalue weighted by atomic mass is 9.84. The van der Waals surface area contributed by atoms with E-state index in [0.29, 0.717) is 23.1 Å². The molecule has 0 unspecified atom stereocenters. The first-order chi connectivity index (χ1) is 12.5. The Balaban J connectivity index is 1.62. The number of pyridine rings is 1. The number of nitrogens with zero attached hydrogens (tertiary/aromatic N) is 4. The van der Waals surface area contributed by atoms with Crippen LogP contribution in [-0.4, -0.2) is 52.5 Å². The summed E-state index contributed by atoms with van der Waals surface area (Å²) in [7, 11) is 3.60. The molecule has 2 heterocycles. The van der Waals surface area contributed by atoms with E-state index >= 15 is 0 Å². The number of aromatic nitrogens is 3. The molecule has 0 aliphatic heterocycles. The van der Waals surface area contributed by atoms with Gasteiger partial charge in [-0.25, -0.2) is 4.98 Å². The van der Waals surface area contributed by atoms with Crippen LogP contribution >= 0.6 is 11.3 Å². The van der Waals surface area contributed by atoms with Gasteiger partial charge in [0.25, 0.3) is 5.91 Å². The van der Waals surface area contributed by atoms with Crippen molar-refractivity contribution >= 4 is 34.1 Å². The molecule has 2 aromatic heterocycles. The van der Waals surface area contributed by atoms with Gasteiger partial charge in [0.2, 0.25) is 11.0 Å². The number of carbonyl (C=O) groups is 2. The van der Waals surface area contributed by atoms with Crippen molar-refractivity contribution in [1.29, 1.82) is 0 Å². The fraction of sp³-hybridized carbons (Fsp3) is 0.471. The normalized spacial score (nSPS) is 15.5. The zero-order valence-corrected chi connectivity index (χ0v) is 15.7. The van der Waals surface area contributed by atoms with Crippen molar-refractivity contribution in [1.82, 2.24) is 20.1 Å². The predicted molar refractivity (Wildman–Crippen MR) is 100 cm³/mol. The number of rotatable bonds is 6. The third-order valence-electron chi connectivity index (χ3n) is 4.63. The van der Waals surface area contributed by atoms with E-state index in [9.17, 15) is 9.59 Å². The average molecular weight is 374 g/mol. The topological polar surface area (TPSA) is 100 Å². The lowest BCUT2D eigenvalue weighted by Crippen LogP contribution is -2.43. The summed E-state index contributed by atoms with van der Waals surface area (Å²) in [5.74, 6) is 0.529. The minimum absolute atomic E-state index is 0.163. The van der Waals surface area contributed by atoms with Crippen molar-refractivity contribution in [2.75, 3.05) is 31.3 Å². The van der Waals surface area contributed by atoms with Crippen LogP contribution in [0.15, 0.2) is 23.8 Å². The Hall–Kier alpha value is -2.55. The van der Waals surface area contributed by atoms with Crippen LogP contribution in [0.25, 0.3) is 0 Å². The number of hydrogen-bond acceptors (Lipinski definition) is 7. The highest BCUT2D eigenvalue weighted by atomic mass is 32.1. The van der Waals surface area contributed by atoms with Gasteiger partial charge in [0.15, 0.2) is 0 Å². The molecule has 138 valence electrons. The molecule has 3 rings (SSSR count). The summed E-state index contributed by atoms with van der Waals surface area (Å²) in [6.45, 7) is 0.549. The van der Waals surface area contributed by atoms with Gasteiger partial charge in [0, 0.05) is 26.8 Å². The monoisotopic (exact) mass is 374 g/mol. The minimum atomic E-state index is -0.362. The lowest BCUT2D eigenvalue weighted by molar-refractivity contribution is -0.138. The highest BCUT2D eigenvalue weighted by Gasteiger charge is 2.41. The molecule has 2 aromatic rings. The molecule has 0 saturated heterocycles. The van der Waals surface area contributed by atoms with Gasteiger partial charge in [-0.2, -0.15) is 0 Å². The number of anilines is 2. The Morgan fingerprint density at radius 3 is 2.62 bits per heavy atom. The maximum Gasteiger partial charge on any atom is 0.259 e. The molecule has 0 aromatic carbocycles. The smallest absolute Gasteiger partial charge is 0.259 e. The Labute approximate surface area is 156 Å². The zero-order valence-electron chi connectivity index (χ0n) is 14.9. The molecule has 2 N–H and O–H groups in total. The number of nitrogens with one attached hydrogen (secondary N) is 2. The minimum Gasteiger partial charge on any atom is -0.369 e. The molecular weight excluding hydrogens is 352 g/mol. The summed E-state index contributed by atoms with van der Waals surface area (Å²) in [4.78, 5) is 30.7. The van der Waals surface area contributed by atoms with E-state index in [0.717, 1.165) is 25.7 Å². The van der Waals surface area contributed by atoms with Crippen LogP contribution in [0, 0.1) is 5.41 Å². The molecule has 0 bridgehead atoms. The second kappa shape index (κ2) is 7.77. The second-order valence-electron chi connectivity index (χ2n) is 6.67. The number of hydrogen-bond donors (Lipinski definition) is 2. The zero-order chi connectivity index (χ0) is 18.6. The Morgan fingerprint density at radius 2 is 2.04 bits per heavy atom. The van der Waals surface area contributed by atoms with Crippen molar-refractivity contribution in [3.8, 4) is 0 Å². The maximum absolute atomic E-state index is 12.6. The van der Waals surface area contributed by atoms with Gasteiger partial charge in [0.1, 0.15) is 11.3 Å². The molecule has 1 saturated carbocycles. The van der Waals surface area contributed by atoms with E-state index in [-0.39, 0.29) is 17.2 Å². The van der Waals surface area contributed by atoms with Crippen LogP contribution in [-0.2, 0) is 4.79 Å². The Kier molecular flexibility index (Phi) is 5.46. The fourth-order valence-electron chi connectivity index (χ4n) is 3.28. The van der Waals surface area contributed by atoms with Gasteiger partial charge in [-0.05, 0) is 25.0 Å². The van der Waals surface area contributed by atoms with Gasteiger partial charge in [-0.15, -0.1) is 10.2 Å². The average Bonchev–Trinajstić information content (AvgIpc) is 3.32. The van der Waals surface area contributed by atoms with Crippen LogP contribution in [0.4, 0.5) is 10.9 Å². The largest absolute Gasteiger partial charge is 0.369 e. The van der Waals surface area contributed by atoms with Crippen molar-refractivity contribution in [2.24, 2.45) is 5.41 Å². The summed E-state index contributed by atoms with van der Waals surface area (Å²) in [6.07, 6.45) is 5.42. The number of amides is 2. The third-order valence-corrected chi connectivity index (χ3v) is 5.24. The molecule has 0 radical (unpaired) electrons. The van der Waals surface area contributed by atoms with Crippen molar-refractivity contribution in [2.45, 2.75) is 25.7 Å².